The quantitative estimate of drug-likeness (QED) is 0.719. The van der Waals surface area contributed by atoms with Crippen molar-refractivity contribution in [2.24, 2.45) is 0 Å². The second kappa shape index (κ2) is 4.29. The highest BCUT2D eigenvalue weighted by Gasteiger charge is 1.94. The fourth-order valence-corrected chi connectivity index (χ4v) is 1.33. The first-order chi connectivity index (χ1) is 5.24. The SMILES string of the molecule is Clc1ccc(C(Br)=CBr)cc1. The normalized spacial score (nSPS) is 11.7. The van der Waals surface area contributed by atoms with E-state index >= 15 is 0 Å². The van der Waals surface area contributed by atoms with E-state index in [1.807, 2.05) is 29.3 Å². The minimum atomic E-state index is 0.753. The van der Waals surface area contributed by atoms with E-state index in [0.29, 0.717) is 0 Å². The first-order valence-corrected chi connectivity index (χ1v) is 5.04. The zero-order chi connectivity index (χ0) is 8.27. The van der Waals surface area contributed by atoms with E-state index in [0.717, 1.165) is 15.1 Å². The molecular formula is C8H5Br2Cl. The van der Waals surface area contributed by atoms with Gasteiger partial charge in [-0.25, -0.2) is 0 Å². The lowest BCUT2D eigenvalue weighted by Gasteiger charge is -1.96. The maximum Gasteiger partial charge on any atom is 0.0406 e. The third-order valence-electron chi connectivity index (χ3n) is 1.22. The van der Waals surface area contributed by atoms with Crippen LogP contribution in [-0.4, -0.2) is 0 Å². The Balaban J connectivity index is 2.99. The zero-order valence-electron chi connectivity index (χ0n) is 5.52. The average molecular weight is 296 g/mol. The van der Waals surface area contributed by atoms with Crippen molar-refractivity contribution in [1.82, 2.24) is 0 Å². The van der Waals surface area contributed by atoms with Crippen LogP contribution >= 0.6 is 43.5 Å². The summed E-state index contributed by atoms with van der Waals surface area (Å²) in [4.78, 5) is 1.82. The molecule has 0 saturated heterocycles. The summed E-state index contributed by atoms with van der Waals surface area (Å²) in [6.45, 7) is 0. The Kier molecular flexibility index (Phi) is 3.63. The van der Waals surface area contributed by atoms with Gasteiger partial charge in [0.2, 0.25) is 0 Å². The van der Waals surface area contributed by atoms with Gasteiger partial charge in [0.15, 0.2) is 0 Å². The van der Waals surface area contributed by atoms with Crippen molar-refractivity contribution in [3.63, 3.8) is 0 Å². The zero-order valence-corrected chi connectivity index (χ0v) is 9.45. The molecule has 1 rings (SSSR count). The van der Waals surface area contributed by atoms with Gasteiger partial charge in [-0.15, -0.1) is 0 Å². The van der Waals surface area contributed by atoms with Gasteiger partial charge < -0.3 is 0 Å². The Hall–Kier alpha value is 0.210. The molecule has 0 amide bonds. The summed E-state index contributed by atoms with van der Waals surface area (Å²) in [6.07, 6.45) is 0. The standard InChI is InChI=1S/C8H5Br2Cl/c9-5-8(10)6-1-3-7(11)4-2-6/h1-5H. The summed E-state index contributed by atoms with van der Waals surface area (Å²) in [7, 11) is 0. The lowest BCUT2D eigenvalue weighted by molar-refractivity contribution is 1.66. The van der Waals surface area contributed by atoms with Crippen LogP contribution in [0.1, 0.15) is 5.56 Å². The van der Waals surface area contributed by atoms with Crippen LogP contribution in [0.5, 0.6) is 0 Å². The summed E-state index contributed by atoms with van der Waals surface area (Å²) in [6, 6.07) is 7.61. The van der Waals surface area contributed by atoms with E-state index in [9.17, 15) is 0 Å². The van der Waals surface area contributed by atoms with E-state index < -0.39 is 0 Å². The largest absolute Gasteiger partial charge is 0.0843 e. The molecule has 0 heterocycles. The van der Waals surface area contributed by atoms with Crippen LogP contribution in [0.25, 0.3) is 4.48 Å². The van der Waals surface area contributed by atoms with Gasteiger partial charge in [0.1, 0.15) is 0 Å². The maximum atomic E-state index is 5.71. The van der Waals surface area contributed by atoms with E-state index in [-0.39, 0.29) is 0 Å². The fourth-order valence-electron chi connectivity index (χ4n) is 0.672. The van der Waals surface area contributed by atoms with E-state index in [1.165, 1.54) is 0 Å². The molecule has 0 fully saturated rings. The molecule has 3 heteroatoms. The smallest absolute Gasteiger partial charge is 0.0406 e. The molecule has 1 aromatic carbocycles. The molecular weight excluding hydrogens is 291 g/mol. The molecule has 0 atom stereocenters. The van der Waals surface area contributed by atoms with Gasteiger partial charge >= 0.3 is 0 Å². The molecule has 58 valence electrons. The van der Waals surface area contributed by atoms with E-state index in [2.05, 4.69) is 31.9 Å². The van der Waals surface area contributed by atoms with Crippen molar-refractivity contribution in [3.05, 3.63) is 39.8 Å². The summed E-state index contributed by atoms with van der Waals surface area (Å²) in [5.41, 5.74) is 1.10. The molecule has 0 N–H and O–H groups in total. The minimum absolute atomic E-state index is 0.753. The topological polar surface area (TPSA) is 0 Å². The minimum Gasteiger partial charge on any atom is -0.0843 e. The third kappa shape index (κ3) is 2.62. The highest BCUT2D eigenvalue weighted by molar-refractivity contribution is 9.16. The van der Waals surface area contributed by atoms with Crippen LogP contribution in [0.3, 0.4) is 0 Å². The molecule has 0 spiro atoms. The molecule has 0 aliphatic carbocycles. The fraction of sp³-hybridized carbons (Fsp3) is 0. The van der Waals surface area contributed by atoms with Gasteiger partial charge in [0.25, 0.3) is 0 Å². The highest BCUT2D eigenvalue weighted by Crippen LogP contribution is 2.23. The van der Waals surface area contributed by atoms with Crippen molar-refractivity contribution < 1.29 is 0 Å². The number of hydrogen-bond donors (Lipinski definition) is 0. The predicted molar refractivity (Wildman–Crippen MR) is 57.3 cm³/mol. The first kappa shape index (κ1) is 9.30. The Morgan fingerprint density at radius 1 is 1.27 bits per heavy atom. The van der Waals surface area contributed by atoms with Crippen LogP contribution in [0, 0.1) is 0 Å². The molecule has 1 aromatic rings. The van der Waals surface area contributed by atoms with Crippen LogP contribution in [0.4, 0.5) is 0 Å². The molecule has 0 aliphatic heterocycles. The molecule has 0 saturated carbocycles. The van der Waals surface area contributed by atoms with Crippen molar-refractivity contribution >= 4 is 47.9 Å². The Bertz CT molecular complexity index is 264. The van der Waals surface area contributed by atoms with Crippen LogP contribution in [0.15, 0.2) is 29.3 Å². The number of halogens is 3. The van der Waals surface area contributed by atoms with Crippen LogP contribution < -0.4 is 0 Å². The summed E-state index contributed by atoms with van der Waals surface area (Å²) < 4.78 is 1.01. The van der Waals surface area contributed by atoms with E-state index in [4.69, 9.17) is 11.6 Å². The molecule has 0 aliphatic rings. The molecule has 0 aromatic heterocycles. The lowest BCUT2D eigenvalue weighted by atomic mass is 10.2. The second-order valence-electron chi connectivity index (χ2n) is 1.96. The van der Waals surface area contributed by atoms with Gasteiger partial charge in [0.05, 0.1) is 0 Å². The van der Waals surface area contributed by atoms with Crippen molar-refractivity contribution in [2.45, 2.75) is 0 Å². The Labute approximate surface area is 87.5 Å². The Morgan fingerprint density at radius 2 is 1.82 bits per heavy atom. The van der Waals surface area contributed by atoms with Gasteiger partial charge in [-0.3, -0.25) is 0 Å². The molecule has 11 heavy (non-hydrogen) atoms. The average Bonchev–Trinajstić information content (AvgIpc) is 2.05. The monoisotopic (exact) mass is 294 g/mol. The van der Waals surface area contributed by atoms with Crippen LogP contribution in [0.2, 0.25) is 5.02 Å². The second-order valence-corrected chi connectivity index (χ2v) is 3.71. The maximum absolute atomic E-state index is 5.71. The Morgan fingerprint density at radius 3 is 2.27 bits per heavy atom. The van der Waals surface area contributed by atoms with Crippen molar-refractivity contribution in [1.29, 1.82) is 0 Å². The van der Waals surface area contributed by atoms with Crippen LogP contribution in [-0.2, 0) is 0 Å². The number of hydrogen-bond acceptors (Lipinski definition) is 0. The number of rotatable bonds is 1. The summed E-state index contributed by atoms with van der Waals surface area (Å²) >= 11 is 12.3. The number of benzene rings is 1. The van der Waals surface area contributed by atoms with E-state index in [1.54, 1.807) is 0 Å². The summed E-state index contributed by atoms with van der Waals surface area (Å²) in [5, 5.41) is 0.753. The third-order valence-corrected chi connectivity index (χ3v) is 3.23. The summed E-state index contributed by atoms with van der Waals surface area (Å²) in [5.74, 6) is 0. The van der Waals surface area contributed by atoms with Gasteiger partial charge in [-0.05, 0) is 38.6 Å². The lowest BCUT2D eigenvalue weighted by Crippen LogP contribution is -1.73. The van der Waals surface area contributed by atoms with Crippen molar-refractivity contribution in [2.75, 3.05) is 0 Å². The molecule has 0 radical (unpaired) electrons. The van der Waals surface area contributed by atoms with Gasteiger partial charge in [-0.2, -0.15) is 0 Å². The first-order valence-electron chi connectivity index (χ1n) is 2.96. The molecule has 0 nitrogen and oxygen atoms in total. The highest BCUT2D eigenvalue weighted by atomic mass is 79.9. The van der Waals surface area contributed by atoms with Gasteiger partial charge in [-0.1, -0.05) is 39.7 Å². The molecule has 0 bridgehead atoms. The van der Waals surface area contributed by atoms with Gasteiger partial charge in [0, 0.05) is 9.51 Å². The molecule has 0 unspecified atom stereocenters. The van der Waals surface area contributed by atoms with Crippen molar-refractivity contribution in [3.8, 4) is 0 Å². The predicted octanol–water partition coefficient (Wildman–Crippen LogP) is 4.43.